The number of fused-ring (bicyclic) bond motifs is 1. The summed E-state index contributed by atoms with van der Waals surface area (Å²) < 4.78 is 5.69. The van der Waals surface area contributed by atoms with Gasteiger partial charge < -0.3 is 9.73 Å². The van der Waals surface area contributed by atoms with Gasteiger partial charge in [0.25, 0.3) is 5.91 Å². The molecule has 0 unspecified atom stereocenters. The molecule has 0 saturated heterocycles. The number of carbonyl (C=O) groups excluding carboxylic acids is 1. The molecule has 0 spiro atoms. The molecule has 5 nitrogen and oxygen atoms in total. The molecule has 23 heavy (non-hydrogen) atoms. The van der Waals surface area contributed by atoms with E-state index in [0.717, 1.165) is 16.7 Å². The van der Waals surface area contributed by atoms with Gasteiger partial charge >= 0.3 is 0 Å². The molecule has 1 heterocycles. The monoisotopic (exact) mass is 307 g/mol. The van der Waals surface area contributed by atoms with Crippen LogP contribution in [0.25, 0.3) is 11.0 Å². The molecule has 116 valence electrons. The van der Waals surface area contributed by atoms with Crippen LogP contribution < -0.4 is 10.7 Å². The van der Waals surface area contributed by atoms with Crippen molar-refractivity contribution in [2.45, 2.75) is 6.92 Å². The number of furan rings is 1. The Bertz CT molecular complexity index is 805. The molecule has 0 aliphatic heterocycles. The Hall–Kier alpha value is -3.08. The summed E-state index contributed by atoms with van der Waals surface area (Å²) in [6.45, 7) is 1.95. The van der Waals surface area contributed by atoms with Crippen molar-refractivity contribution in [1.82, 2.24) is 5.43 Å². The van der Waals surface area contributed by atoms with Crippen LogP contribution in [0, 0.1) is 0 Å². The fourth-order valence-corrected chi connectivity index (χ4v) is 2.14. The number of benzene rings is 2. The molecule has 3 rings (SSSR count). The molecule has 0 saturated carbocycles. The van der Waals surface area contributed by atoms with Crippen LogP contribution in [0.5, 0.6) is 0 Å². The third-order valence-corrected chi connectivity index (χ3v) is 3.36. The van der Waals surface area contributed by atoms with E-state index in [0.29, 0.717) is 11.5 Å². The van der Waals surface area contributed by atoms with E-state index in [1.54, 1.807) is 6.92 Å². The average Bonchev–Trinajstić information content (AvgIpc) is 3.03. The molecule has 0 aliphatic rings. The fraction of sp³-hybridized carbons (Fsp3) is 0.111. The SMILES string of the molecule is C/C(=N\NC(=O)CNc1ccccc1)c1cc2ccccc2o1. The van der Waals surface area contributed by atoms with Crippen molar-refractivity contribution in [1.29, 1.82) is 0 Å². The highest BCUT2D eigenvalue weighted by molar-refractivity contribution is 6.00. The van der Waals surface area contributed by atoms with Crippen LogP contribution in [0.4, 0.5) is 5.69 Å². The highest BCUT2D eigenvalue weighted by Crippen LogP contribution is 2.19. The minimum atomic E-state index is -0.218. The van der Waals surface area contributed by atoms with E-state index in [9.17, 15) is 4.79 Å². The maximum atomic E-state index is 11.8. The van der Waals surface area contributed by atoms with Crippen molar-refractivity contribution in [3.8, 4) is 0 Å². The van der Waals surface area contributed by atoms with Gasteiger partial charge in [-0.25, -0.2) is 5.43 Å². The summed E-state index contributed by atoms with van der Waals surface area (Å²) in [5, 5.41) is 8.12. The largest absolute Gasteiger partial charge is 0.455 e. The van der Waals surface area contributed by atoms with Gasteiger partial charge in [0, 0.05) is 11.1 Å². The number of anilines is 1. The van der Waals surface area contributed by atoms with E-state index in [1.807, 2.05) is 60.7 Å². The van der Waals surface area contributed by atoms with Crippen LogP contribution in [0.3, 0.4) is 0 Å². The van der Waals surface area contributed by atoms with E-state index in [4.69, 9.17) is 4.42 Å². The molecule has 5 heteroatoms. The molecule has 0 bridgehead atoms. The van der Waals surface area contributed by atoms with E-state index in [1.165, 1.54) is 0 Å². The first-order chi connectivity index (χ1) is 11.2. The van der Waals surface area contributed by atoms with E-state index in [2.05, 4.69) is 15.8 Å². The first kappa shape index (κ1) is 14.8. The second-order valence-electron chi connectivity index (χ2n) is 5.10. The van der Waals surface area contributed by atoms with Gasteiger partial charge in [0.2, 0.25) is 0 Å². The number of para-hydroxylation sites is 2. The molecule has 2 aromatic carbocycles. The summed E-state index contributed by atoms with van der Waals surface area (Å²) in [7, 11) is 0. The van der Waals surface area contributed by atoms with Gasteiger partial charge in [-0.3, -0.25) is 4.79 Å². The van der Waals surface area contributed by atoms with Gasteiger partial charge in [-0.05, 0) is 31.2 Å². The highest BCUT2D eigenvalue weighted by Gasteiger charge is 2.07. The summed E-state index contributed by atoms with van der Waals surface area (Å²) in [5.41, 5.74) is 4.83. The zero-order valence-electron chi connectivity index (χ0n) is 12.7. The lowest BCUT2D eigenvalue weighted by Crippen LogP contribution is -2.26. The number of hydrazone groups is 1. The summed E-state index contributed by atoms with van der Waals surface area (Å²) in [6.07, 6.45) is 0. The van der Waals surface area contributed by atoms with Gasteiger partial charge in [-0.1, -0.05) is 36.4 Å². The lowest BCUT2D eigenvalue weighted by molar-refractivity contribution is -0.119. The molecule has 3 aromatic rings. The number of hydrogen-bond donors (Lipinski definition) is 2. The maximum absolute atomic E-state index is 11.8. The predicted molar refractivity (Wildman–Crippen MR) is 91.5 cm³/mol. The number of rotatable bonds is 5. The Labute approximate surface area is 134 Å². The number of hydrogen-bond acceptors (Lipinski definition) is 4. The standard InChI is InChI=1S/C18H17N3O2/c1-13(17-11-14-7-5-6-10-16(14)23-17)20-21-18(22)12-19-15-8-3-2-4-9-15/h2-11,19H,12H2,1H3,(H,21,22)/b20-13+. The van der Waals surface area contributed by atoms with Crippen molar-refractivity contribution < 1.29 is 9.21 Å². The molecule has 0 aliphatic carbocycles. The smallest absolute Gasteiger partial charge is 0.259 e. The van der Waals surface area contributed by atoms with E-state index < -0.39 is 0 Å². The molecular formula is C18H17N3O2. The second kappa shape index (κ2) is 6.79. The van der Waals surface area contributed by atoms with Crippen molar-refractivity contribution >= 4 is 28.3 Å². The molecule has 1 aromatic heterocycles. The van der Waals surface area contributed by atoms with E-state index >= 15 is 0 Å². The Morgan fingerprint density at radius 1 is 1.09 bits per heavy atom. The Balaban J connectivity index is 1.59. The summed E-state index contributed by atoms with van der Waals surface area (Å²) >= 11 is 0. The average molecular weight is 307 g/mol. The quantitative estimate of drug-likeness (QED) is 0.561. The normalized spacial score (nSPS) is 11.4. The number of nitrogens with one attached hydrogen (secondary N) is 2. The molecular weight excluding hydrogens is 290 g/mol. The Morgan fingerprint density at radius 2 is 1.83 bits per heavy atom. The summed E-state index contributed by atoms with van der Waals surface area (Å²) in [5.74, 6) is 0.423. The first-order valence-corrected chi connectivity index (χ1v) is 7.33. The van der Waals surface area contributed by atoms with Crippen LogP contribution in [0.15, 0.2) is 70.2 Å². The number of nitrogens with zero attached hydrogens (tertiary/aromatic N) is 1. The third kappa shape index (κ3) is 3.77. The number of amides is 1. The van der Waals surface area contributed by atoms with Crippen LogP contribution in [-0.4, -0.2) is 18.2 Å². The third-order valence-electron chi connectivity index (χ3n) is 3.36. The van der Waals surface area contributed by atoms with Crippen molar-refractivity contribution in [3.05, 3.63) is 66.4 Å². The van der Waals surface area contributed by atoms with Crippen molar-refractivity contribution in [2.24, 2.45) is 5.10 Å². The summed E-state index contributed by atoms with van der Waals surface area (Å²) in [4.78, 5) is 11.8. The topological polar surface area (TPSA) is 66.6 Å². The Morgan fingerprint density at radius 3 is 2.61 bits per heavy atom. The summed E-state index contributed by atoms with van der Waals surface area (Å²) in [6, 6.07) is 19.2. The van der Waals surface area contributed by atoms with Crippen LogP contribution in [0.1, 0.15) is 12.7 Å². The zero-order chi connectivity index (χ0) is 16.1. The maximum Gasteiger partial charge on any atom is 0.259 e. The lowest BCUT2D eigenvalue weighted by atomic mass is 10.2. The molecule has 1 amide bonds. The minimum Gasteiger partial charge on any atom is -0.455 e. The molecule has 0 fully saturated rings. The molecule has 0 radical (unpaired) electrons. The molecule has 0 atom stereocenters. The van der Waals surface area contributed by atoms with E-state index in [-0.39, 0.29) is 12.5 Å². The molecule has 2 N–H and O–H groups in total. The second-order valence-corrected chi connectivity index (χ2v) is 5.10. The number of carbonyl (C=O) groups is 1. The van der Waals surface area contributed by atoms with Gasteiger partial charge in [0.1, 0.15) is 11.3 Å². The van der Waals surface area contributed by atoms with Gasteiger partial charge in [0.15, 0.2) is 5.76 Å². The fourth-order valence-electron chi connectivity index (χ4n) is 2.14. The zero-order valence-corrected chi connectivity index (χ0v) is 12.7. The van der Waals surface area contributed by atoms with Crippen molar-refractivity contribution in [3.63, 3.8) is 0 Å². The van der Waals surface area contributed by atoms with Gasteiger partial charge in [0.05, 0.1) is 6.54 Å². The van der Waals surface area contributed by atoms with Crippen LogP contribution >= 0.6 is 0 Å². The van der Waals surface area contributed by atoms with Gasteiger partial charge in [-0.15, -0.1) is 0 Å². The van der Waals surface area contributed by atoms with Crippen molar-refractivity contribution in [2.75, 3.05) is 11.9 Å². The van der Waals surface area contributed by atoms with Crippen LogP contribution in [0.2, 0.25) is 0 Å². The first-order valence-electron chi connectivity index (χ1n) is 7.33. The van der Waals surface area contributed by atoms with Crippen LogP contribution in [-0.2, 0) is 4.79 Å². The Kier molecular flexibility index (Phi) is 4.38. The lowest BCUT2D eigenvalue weighted by Gasteiger charge is -2.05. The van der Waals surface area contributed by atoms with Gasteiger partial charge in [-0.2, -0.15) is 5.10 Å². The predicted octanol–water partition coefficient (Wildman–Crippen LogP) is 3.39. The highest BCUT2D eigenvalue weighted by atomic mass is 16.3. The minimum absolute atomic E-state index is 0.154.